The molecule has 0 aliphatic carbocycles. The van der Waals surface area contributed by atoms with E-state index in [-0.39, 0.29) is 18.0 Å². The van der Waals surface area contributed by atoms with E-state index in [1.807, 2.05) is 49.4 Å². The monoisotopic (exact) mass is 442 g/mol. The van der Waals surface area contributed by atoms with E-state index in [2.05, 4.69) is 5.32 Å². The molecule has 2 aromatic rings. The summed E-state index contributed by atoms with van der Waals surface area (Å²) in [5.74, 6) is 0.715. The number of ether oxygens (including phenoxy) is 4. The lowest BCUT2D eigenvalue weighted by molar-refractivity contribution is -0.149. The normalized spacial score (nSPS) is 20.3. The Morgan fingerprint density at radius 2 is 1.62 bits per heavy atom. The Morgan fingerprint density at radius 3 is 2.16 bits per heavy atom. The minimum atomic E-state index is -0.542. The highest BCUT2D eigenvalue weighted by molar-refractivity contribution is 5.82. The molecular formula is C24H30N2O6. The molecule has 2 aromatic carbocycles. The van der Waals surface area contributed by atoms with Gasteiger partial charge in [-0.25, -0.2) is 4.79 Å². The molecule has 0 bridgehead atoms. The van der Waals surface area contributed by atoms with Crippen LogP contribution in [0.3, 0.4) is 0 Å². The molecule has 1 N–H and O–H groups in total. The lowest BCUT2D eigenvalue weighted by Gasteiger charge is -2.43. The van der Waals surface area contributed by atoms with Crippen LogP contribution in [0.4, 0.5) is 4.79 Å². The van der Waals surface area contributed by atoms with Gasteiger partial charge in [0.25, 0.3) is 0 Å². The Hall–Kier alpha value is -3.42. The van der Waals surface area contributed by atoms with Crippen molar-refractivity contribution in [2.24, 2.45) is 5.92 Å². The topological polar surface area (TPSA) is 86.3 Å². The van der Waals surface area contributed by atoms with Gasteiger partial charge in [0, 0.05) is 12.6 Å². The van der Waals surface area contributed by atoms with Crippen molar-refractivity contribution in [1.29, 1.82) is 0 Å². The number of benzene rings is 2. The lowest BCUT2D eigenvalue weighted by Crippen LogP contribution is -2.60. The van der Waals surface area contributed by atoms with Crippen LogP contribution >= 0.6 is 0 Å². The highest BCUT2D eigenvalue weighted by Gasteiger charge is 2.44. The second-order valence-corrected chi connectivity index (χ2v) is 7.60. The van der Waals surface area contributed by atoms with Crippen molar-refractivity contribution in [1.82, 2.24) is 10.2 Å². The molecule has 0 unspecified atom stereocenters. The number of esters is 1. The minimum Gasteiger partial charge on any atom is -0.493 e. The standard InChI is InChI=1S/C24H30N2O6/c1-15-20(23(27)32-5)21(17-9-7-6-8-10-17)25-24(28)26(15)12-11-16-13-18(29-2)22(31-4)19(14-16)30-3/h6-10,13-15,20-21H,11-12H2,1-5H3,(H,25,28)/t15-,20+,21+/m1/s1. The molecule has 1 heterocycles. The summed E-state index contributed by atoms with van der Waals surface area (Å²) in [7, 11) is 6.04. The molecular weight excluding hydrogens is 412 g/mol. The maximum absolute atomic E-state index is 13.0. The van der Waals surface area contributed by atoms with Gasteiger partial charge < -0.3 is 29.2 Å². The number of rotatable bonds is 8. The number of nitrogens with one attached hydrogen (secondary N) is 1. The molecule has 0 spiro atoms. The summed E-state index contributed by atoms with van der Waals surface area (Å²) in [6, 6.07) is 12.2. The maximum Gasteiger partial charge on any atom is 0.318 e. The zero-order valence-corrected chi connectivity index (χ0v) is 19.1. The first-order chi connectivity index (χ1) is 15.4. The molecule has 3 atom stereocenters. The summed E-state index contributed by atoms with van der Waals surface area (Å²) >= 11 is 0. The summed E-state index contributed by atoms with van der Waals surface area (Å²) in [6.45, 7) is 2.28. The fourth-order valence-corrected chi connectivity index (χ4v) is 4.22. The number of methoxy groups -OCH3 is 4. The second kappa shape index (κ2) is 10.3. The summed E-state index contributed by atoms with van der Waals surface area (Å²) < 4.78 is 21.3. The Kier molecular flexibility index (Phi) is 7.45. The van der Waals surface area contributed by atoms with Gasteiger partial charge in [0.05, 0.1) is 34.5 Å². The van der Waals surface area contributed by atoms with Crippen LogP contribution < -0.4 is 19.5 Å². The van der Waals surface area contributed by atoms with E-state index in [0.29, 0.717) is 30.2 Å². The van der Waals surface area contributed by atoms with Crippen molar-refractivity contribution in [3.8, 4) is 17.2 Å². The average Bonchev–Trinajstić information content (AvgIpc) is 2.82. The number of urea groups is 1. The van der Waals surface area contributed by atoms with Crippen LogP contribution in [0, 0.1) is 5.92 Å². The number of hydrogen-bond donors (Lipinski definition) is 1. The third-order valence-corrected chi connectivity index (χ3v) is 5.91. The Bertz CT molecular complexity index is 924. The van der Waals surface area contributed by atoms with Crippen LogP contribution in [-0.2, 0) is 16.0 Å². The number of carbonyl (C=O) groups is 2. The molecule has 8 heteroatoms. The minimum absolute atomic E-state index is 0.223. The van der Waals surface area contributed by atoms with Crippen molar-refractivity contribution in [3.63, 3.8) is 0 Å². The second-order valence-electron chi connectivity index (χ2n) is 7.60. The van der Waals surface area contributed by atoms with Crippen LogP contribution in [0.2, 0.25) is 0 Å². The number of hydrogen-bond acceptors (Lipinski definition) is 6. The molecule has 1 fully saturated rings. The van der Waals surface area contributed by atoms with Gasteiger partial charge in [-0.2, -0.15) is 0 Å². The number of nitrogens with zero attached hydrogens (tertiary/aromatic N) is 1. The van der Waals surface area contributed by atoms with E-state index in [1.54, 1.807) is 26.2 Å². The third kappa shape index (κ3) is 4.59. The molecule has 8 nitrogen and oxygen atoms in total. The first-order valence-corrected chi connectivity index (χ1v) is 10.4. The maximum atomic E-state index is 13.0. The van der Waals surface area contributed by atoms with Crippen LogP contribution in [0.15, 0.2) is 42.5 Å². The molecule has 2 amide bonds. The van der Waals surface area contributed by atoms with Gasteiger partial charge in [-0.3, -0.25) is 4.79 Å². The molecule has 172 valence electrons. The Morgan fingerprint density at radius 1 is 1.00 bits per heavy atom. The Labute approximate surface area is 188 Å². The molecule has 1 saturated heterocycles. The van der Waals surface area contributed by atoms with Gasteiger partial charge in [0.15, 0.2) is 11.5 Å². The van der Waals surface area contributed by atoms with Gasteiger partial charge in [0.2, 0.25) is 5.75 Å². The number of carbonyl (C=O) groups excluding carboxylic acids is 2. The molecule has 3 rings (SSSR count). The third-order valence-electron chi connectivity index (χ3n) is 5.91. The van der Waals surface area contributed by atoms with Crippen molar-refractivity contribution >= 4 is 12.0 Å². The van der Waals surface area contributed by atoms with E-state index < -0.39 is 12.0 Å². The van der Waals surface area contributed by atoms with Crippen molar-refractivity contribution < 1.29 is 28.5 Å². The zero-order valence-electron chi connectivity index (χ0n) is 19.1. The van der Waals surface area contributed by atoms with E-state index in [1.165, 1.54) is 7.11 Å². The average molecular weight is 443 g/mol. The van der Waals surface area contributed by atoms with Gasteiger partial charge in [-0.05, 0) is 36.6 Å². The molecule has 1 aliphatic rings. The molecule has 32 heavy (non-hydrogen) atoms. The lowest BCUT2D eigenvalue weighted by atomic mass is 9.85. The molecule has 0 radical (unpaired) electrons. The fraction of sp³-hybridized carbons (Fsp3) is 0.417. The van der Waals surface area contributed by atoms with Gasteiger partial charge in [-0.15, -0.1) is 0 Å². The van der Waals surface area contributed by atoms with Gasteiger partial charge in [0.1, 0.15) is 5.92 Å². The van der Waals surface area contributed by atoms with Crippen LogP contribution in [0.5, 0.6) is 17.2 Å². The summed E-state index contributed by atoms with van der Waals surface area (Å²) in [6.07, 6.45) is 0.540. The van der Waals surface area contributed by atoms with Crippen LogP contribution in [0.25, 0.3) is 0 Å². The van der Waals surface area contributed by atoms with E-state index in [4.69, 9.17) is 18.9 Å². The number of amides is 2. The van der Waals surface area contributed by atoms with Crippen molar-refractivity contribution in [2.45, 2.75) is 25.4 Å². The quantitative estimate of drug-likeness (QED) is 0.632. The van der Waals surface area contributed by atoms with E-state index in [0.717, 1.165) is 11.1 Å². The SMILES string of the molecule is COC(=O)[C@H]1[C@@H](C)N(CCc2cc(OC)c(OC)c(OC)c2)C(=O)N[C@H]1c1ccccc1. The highest BCUT2D eigenvalue weighted by Crippen LogP contribution is 2.39. The predicted molar refractivity (Wildman–Crippen MR) is 119 cm³/mol. The van der Waals surface area contributed by atoms with Crippen LogP contribution in [-0.4, -0.2) is 57.9 Å². The van der Waals surface area contributed by atoms with Gasteiger partial charge >= 0.3 is 12.0 Å². The zero-order chi connectivity index (χ0) is 23.3. The summed E-state index contributed by atoms with van der Waals surface area (Å²) in [5, 5.41) is 2.99. The fourth-order valence-electron chi connectivity index (χ4n) is 4.22. The molecule has 0 aromatic heterocycles. The van der Waals surface area contributed by atoms with Gasteiger partial charge in [-0.1, -0.05) is 30.3 Å². The van der Waals surface area contributed by atoms with Crippen LogP contribution in [0.1, 0.15) is 24.1 Å². The first-order valence-electron chi connectivity index (χ1n) is 10.4. The summed E-state index contributed by atoms with van der Waals surface area (Å²) in [4.78, 5) is 27.4. The predicted octanol–water partition coefficient (Wildman–Crippen LogP) is 3.20. The smallest absolute Gasteiger partial charge is 0.318 e. The van der Waals surface area contributed by atoms with Crippen molar-refractivity contribution in [3.05, 3.63) is 53.6 Å². The molecule has 0 saturated carbocycles. The first kappa shape index (κ1) is 23.2. The summed E-state index contributed by atoms with van der Waals surface area (Å²) in [5.41, 5.74) is 1.78. The molecule has 1 aliphatic heterocycles. The largest absolute Gasteiger partial charge is 0.493 e. The van der Waals surface area contributed by atoms with E-state index >= 15 is 0 Å². The highest BCUT2D eigenvalue weighted by atomic mass is 16.5. The Balaban J connectivity index is 1.83. The van der Waals surface area contributed by atoms with E-state index in [9.17, 15) is 9.59 Å². The van der Waals surface area contributed by atoms with Crippen molar-refractivity contribution in [2.75, 3.05) is 35.0 Å².